The van der Waals surface area contributed by atoms with Crippen molar-refractivity contribution in [2.24, 2.45) is 18.5 Å². The number of rotatable bonds is 0. The Morgan fingerprint density at radius 3 is 1.33 bits per heavy atom. The number of aromatic nitrogens is 2. The third-order valence-corrected chi connectivity index (χ3v) is 4.80. The minimum atomic E-state index is -0.525. The minimum absolute atomic E-state index is 0.00463. The van der Waals surface area contributed by atoms with Crippen molar-refractivity contribution in [3.63, 3.8) is 0 Å². The number of nitrogen functional groups attached to an aromatic ring is 2. The molecule has 0 atom stereocenters. The first-order chi connectivity index (χ1) is 13.7. The molecular formula is C15H20N8O5S2. The molecule has 0 aliphatic carbocycles. The summed E-state index contributed by atoms with van der Waals surface area (Å²) in [5.41, 5.74) is 20.2. The Morgan fingerprint density at radius 1 is 0.733 bits per heavy atom. The number of hydrogen-bond acceptors (Lipinski definition) is 12. The quantitative estimate of drug-likeness (QED) is 0.173. The molecule has 13 nitrogen and oxygen atoms in total. The zero-order valence-electron chi connectivity index (χ0n) is 16.1. The summed E-state index contributed by atoms with van der Waals surface area (Å²) in [6, 6.07) is 0. The number of imide groups is 2. The van der Waals surface area contributed by atoms with Crippen molar-refractivity contribution in [2.45, 2.75) is 0 Å². The summed E-state index contributed by atoms with van der Waals surface area (Å²) in [7, 11) is 4.28. The average molecular weight is 457 g/mol. The van der Waals surface area contributed by atoms with Crippen molar-refractivity contribution in [1.82, 2.24) is 19.4 Å². The molecule has 2 aliphatic heterocycles. The van der Waals surface area contributed by atoms with Crippen LogP contribution in [-0.4, -0.2) is 57.1 Å². The Bertz CT molecular complexity index is 962. The fourth-order valence-corrected chi connectivity index (χ4v) is 2.36. The van der Waals surface area contributed by atoms with Crippen LogP contribution in [0.4, 0.5) is 11.5 Å². The van der Waals surface area contributed by atoms with Crippen molar-refractivity contribution in [2.75, 3.05) is 25.6 Å². The number of aryl methyl sites for hydroxylation is 1. The fraction of sp³-hybridized carbons (Fsp3) is 0.200. The number of amides is 4. The molecule has 30 heavy (non-hydrogen) atoms. The molecule has 0 saturated heterocycles. The fourth-order valence-electron chi connectivity index (χ4n) is 1.87. The van der Waals surface area contributed by atoms with Crippen molar-refractivity contribution in [1.29, 1.82) is 0 Å². The van der Waals surface area contributed by atoms with E-state index in [0.29, 0.717) is 0 Å². The second kappa shape index (κ2) is 9.36. The van der Waals surface area contributed by atoms with Crippen LogP contribution in [-0.2, 0) is 26.2 Å². The second-order valence-corrected chi connectivity index (χ2v) is 6.72. The molecule has 1 aromatic heterocycles. The van der Waals surface area contributed by atoms with Gasteiger partial charge in [-0.1, -0.05) is 0 Å². The van der Waals surface area contributed by atoms with Gasteiger partial charge in [-0.15, -0.1) is 25.3 Å². The SMILES string of the molecule is CN1C(=O)C(N)=C(N)C1=O.CN1C(=O)C(S)=C(S)C1=O.Cn1cnc(N)c(N)c1=O. The lowest BCUT2D eigenvalue weighted by Crippen LogP contribution is -2.28. The van der Waals surface area contributed by atoms with E-state index in [1.54, 1.807) is 7.05 Å². The minimum Gasteiger partial charge on any atom is -0.392 e. The summed E-state index contributed by atoms with van der Waals surface area (Å²) in [6.07, 6.45) is 1.33. The summed E-state index contributed by atoms with van der Waals surface area (Å²) < 4.78 is 1.27. The molecule has 15 heteroatoms. The molecule has 0 saturated carbocycles. The van der Waals surface area contributed by atoms with Crippen LogP contribution in [0.5, 0.6) is 0 Å². The molecule has 0 fully saturated rings. The van der Waals surface area contributed by atoms with E-state index in [1.807, 2.05) is 0 Å². The maximum Gasteiger partial charge on any atom is 0.278 e. The zero-order valence-corrected chi connectivity index (χ0v) is 17.9. The average Bonchev–Trinajstić information content (AvgIpc) is 3.00. The molecule has 0 radical (unpaired) electrons. The van der Waals surface area contributed by atoms with Crippen molar-refractivity contribution >= 4 is 60.4 Å². The number of nitrogens with two attached hydrogens (primary N) is 4. The Balaban J connectivity index is 0.000000225. The molecule has 162 valence electrons. The van der Waals surface area contributed by atoms with Gasteiger partial charge >= 0.3 is 0 Å². The van der Waals surface area contributed by atoms with Crippen molar-refractivity contribution in [3.05, 3.63) is 37.9 Å². The summed E-state index contributed by atoms with van der Waals surface area (Å²) >= 11 is 7.58. The Hall–Kier alpha value is -3.46. The van der Waals surface area contributed by atoms with Gasteiger partial charge in [0.25, 0.3) is 29.2 Å². The molecule has 0 spiro atoms. The van der Waals surface area contributed by atoms with Gasteiger partial charge in [-0.25, -0.2) is 4.98 Å². The normalized spacial score (nSPS) is 16.0. The van der Waals surface area contributed by atoms with E-state index in [9.17, 15) is 24.0 Å². The van der Waals surface area contributed by atoms with Crippen molar-refractivity contribution < 1.29 is 19.2 Å². The molecule has 0 bridgehead atoms. The first-order valence-electron chi connectivity index (χ1n) is 7.82. The van der Waals surface area contributed by atoms with Crippen LogP contribution in [0, 0.1) is 0 Å². The molecule has 1 aromatic rings. The second-order valence-electron chi connectivity index (χ2n) is 5.82. The number of carbonyl (C=O) groups excluding carboxylic acids is 4. The maximum atomic E-state index is 10.9. The van der Waals surface area contributed by atoms with E-state index in [2.05, 4.69) is 30.2 Å². The lowest BCUT2D eigenvalue weighted by molar-refractivity contribution is -0.137. The highest BCUT2D eigenvalue weighted by atomic mass is 32.1. The first-order valence-corrected chi connectivity index (χ1v) is 8.72. The van der Waals surface area contributed by atoms with E-state index in [-0.39, 0.29) is 38.3 Å². The molecule has 0 unspecified atom stereocenters. The number of thiol groups is 2. The van der Waals surface area contributed by atoms with E-state index in [4.69, 9.17) is 22.9 Å². The number of anilines is 2. The van der Waals surface area contributed by atoms with Crippen LogP contribution in [0.3, 0.4) is 0 Å². The first kappa shape index (κ1) is 24.6. The topological polar surface area (TPSA) is 214 Å². The van der Waals surface area contributed by atoms with Gasteiger partial charge in [0.2, 0.25) is 0 Å². The maximum absolute atomic E-state index is 10.9. The Morgan fingerprint density at radius 2 is 1.10 bits per heavy atom. The van der Waals surface area contributed by atoms with Crippen LogP contribution in [0.1, 0.15) is 0 Å². The van der Waals surface area contributed by atoms with E-state index in [0.717, 1.165) is 9.80 Å². The summed E-state index contributed by atoms with van der Waals surface area (Å²) in [6.45, 7) is 0. The largest absolute Gasteiger partial charge is 0.392 e. The Kier molecular flexibility index (Phi) is 7.67. The standard InChI is InChI=1S/C5H8N4O.C5H7N3O2.C5H5NO2S2/c1-9-2-8-4(7)3(6)5(9)10;1-8-4(9)2(6)3(7)5(8)10;1-6-4(7)2(9)3(10)5(6)8/h2H,6-7H2,1H3;6-7H2,1H3;9-10H,1H3. The van der Waals surface area contributed by atoms with E-state index in [1.165, 1.54) is 25.0 Å². The van der Waals surface area contributed by atoms with Gasteiger partial charge in [0.05, 0.1) is 16.1 Å². The van der Waals surface area contributed by atoms with Gasteiger partial charge in [0.1, 0.15) is 17.1 Å². The number of hydrogen-bond donors (Lipinski definition) is 6. The molecule has 3 rings (SSSR count). The number of carbonyl (C=O) groups is 4. The van der Waals surface area contributed by atoms with Gasteiger partial charge in [-0.3, -0.25) is 33.8 Å². The smallest absolute Gasteiger partial charge is 0.278 e. The molecule has 4 amide bonds. The van der Waals surface area contributed by atoms with Crippen LogP contribution in [0.2, 0.25) is 0 Å². The third-order valence-electron chi connectivity index (χ3n) is 3.80. The summed E-state index contributed by atoms with van der Waals surface area (Å²) in [5, 5.41) is 0. The molecule has 3 heterocycles. The predicted octanol–water partition coefficient (Wildman–Crippen LogP) is -2.89. The predicted molar refractivity (Wildman–Crippen MR) is 114 cm³/mol. The zero-order chi connectivity index (χ0) is 23.5. The molecule has 0 aromatic carbocycles. The van der Waals surface area contributed by atoms with Gasteiger partial charge in [0.15, 0.2) is 5.82 Å². The highest BCUT2D eigenvalue weighted by Gasteiger charge is 2.32. The highest BCUT2D eigenvalue weighted by molar-refractivity contribution is 7.90. The van der Waals surface area contributed by atoms with Crippen LogP contribution in [0.15, 0.2) is 32.3 Å². The monoisotopic (exact) mass is 456 g/mol. The number of nitrogens with zero attached hydrogens (tertiary/aromatic N) is 4. The van der Waals surface area contributed by atoms with Gasteiger partial charge < -0.3 is 27.5 Å². The van der Waals surface area contributed by atoms with Crippen LogP contribution >= 0.6 is 25.3 Å². The highest BCUT2D eigenvalue weighted by Crippen LogP contribution is 2.23. The van der Waals surface area contributed by atoms with E-state index >= 15 is 0 Å². The van der Waals surface area contributed by atoms with Crippen LogP contribution in [0.25, 0.3) is 0 Å². The summed E-state index contributed by atoms with van der Waals surface area (Å²) in [4.78, 5) is 59.9. The van der Waals surface area contributed by atoms with Crippen LogP contribution < -0.4 is 28.5 Å². The molecular weight excluding hydrogens is 436 g/mol. The molecule has 2 aliphatic rings. The third kappa shape index (κ3) is 4.74. The van der Waals surface area contributed by atoms with Gasteiger partial charge in [-0.05, 0) is 0 Å². The van der Waals surface area contributed by atoms with E-state index < -0.39 is 23.6 Å². The lowest BCUT2D eigenvalue weighted by Gasteiger charge is -2.03. The van der Waals surface area contributed by atoms with Gasteiger partial charge in [0, 0.05) is 21.1 Å². The lowest BCUT2D eigenvalue weighted by atomic mass is 10.4. The van der Waals surface area contributed by atoms with Crippen molar-refractivity contribution in [3.8, 4) is 0 Å². The van der Waals surface area contributed by atoms with Gasteiger partial charge in [-0.2, -0.15) is 0 Å². The molecule has 8 N–H and O–H groups in total. The Labute approximate surface area is 181 Å². The number of likely N-dealkylation sites (N-methyl/N-ethyl adjacent to an activating group) is 2. The summed E-state index contributed by atoms with van der Waals surface area (Å²) in [5.74, 6) is -1.75.